The second-order valence-electron chi connectivity index (χ2n) is 4.09. The van der Waals surface area contributed by atoms with E-state index in [0.29, 0.717) is 0 Å². The van der Waals surface area contributed by atoms with Crippen molar-refractivity contribution in [1.82, 2.24) is 5.43 Å². The fourth-order valence-corrected chi connectivity index (χ4v) is 3.35. The van der Waals surface area contributed by atoms with Crippen molar-refractivity contribution >= 4 is 27.3 Å². The van der Waals surface area contributed by atoms with Crippen LogP contribution < -0.4 is 11.3 Å². The molecule has 0 fully saturated rings. The molecule has 0 bridgehead atoms. The molecule has 0 aliphatic rings. The van der Waals surface area contributed by atoms with Crippen LogP contribution in [0.25, 0.3) is 0 Å². The molecule has 17 heavy (non-hydrogen) atoms. The van der Waals surface area contributed by atoms with Crippen molar-refractivity contribution in [3.8, 4) is 0 Å². The minimum absolute atomic E-state index is 0.0456. The van der Waals surface area contributed by atoms with Crippen LogP contribution in [0.2, 0.25) is 0 Å². The minimum atomic E-state index is 0.0456. The molecule has 0 saturated carbocycles. The molecule has 1 heterocycles. The maximum atomic E-state index is 5.72. The number of rotatable bonds is 3. The van der Waals surface area contributed by atoms with Gasteiger partial charge in [-0.25, -0.2) is 5.43 Å². The van der Waals surface area contributed by atoms with Gasteiger partial charge < -0.3 is 0 Å². The van der Waals surface area contributed by atoms with Gasteiger partial charge in [0.2, 0.25) is 0 Å². The second kappa shape index (κ2) is 5.31. The van der Waals surface area contributed by atoms with Crippen LogP contribution in [0.4, 0.5) is 0 Å². The van der Waals surface area contributed by atoms with Gasteiger partial charge in [-0.1, -0.05) is 33.6 Å². The second-order valence-corrected chi connectivity index (χ2v) is 5.89. The molecule has 2 nitrogen and oxygen atoms in total. The number of benzene rings is 1. The molecule has 0 amide bonds. The summed E-state index contributed by atoms with van der Waals surface area (Å²) in [5.74, 6) is 5.72. The Morgan fingerprint density at radius 1 is 1.29 bits per heavy atom. The van der Waals surface area contributed by atoms with E-state index in [1.807, 2.05) is 0 Å². The molecule has 2 rings (SSSR count). The summed E-state index contributed by atoms with van der Waals surface area (Å²) < 4.78 is 1.08. The Morgan fingerprint density at radius 3 is 2.65 bits per heavy atom. The summed E-state index contributed by atoms with van der Waals surface area (Å²) in [5, 5.41) is 2.10. The van der Waals surface area contributed by atoms with Crippen LogP contribution in [0.1, 0.15) is 27.6 Å². The number of aryl methyl sites for hydroxylation is 2. The first-order valence-corrected chi connectivity index (χ1v) is 7.07. The van der Waals surface area contributed by atoms with Gasteiger partial charge in [0.15, 0.2) is 0 Å². The van der Waals surface area contributed by atoms with Crippen molar-refractivity contribution in [2.75, 3.05) is 0 Å². The van der Waals surface area contributed by atoms with Gasteiger partial charge in [0.1, 0.15) is 0 Å². The molecular weight excluding hydrogens is 296 g/mol. The highest BCUT2D eigenvalue weighted by Crippen LogP contribution is 2.33. The van der Waals surface area contributed by atoms with Crippen molar-refractivity contribution < 1.29 is 0 Å². The topological polar surface area (TPSA) is 38.0 Å². The highest BCUT2D eigenvalue weighted by molar-refractivity contribution is 9.10. The number of halogens is 1. The maximum absolute atomic E-state index is 5.72. The quantitative estimate of drug-likeness (QED) is 0.670. The monoisotopic (exact) mass is 310 g/mol. The largest absolute Gasteiger partial charge is 0.271 e. The molecule has 0 aliphatic carbocycles. The standard InChI is InChI=1S/C13H15BrN2S/c1-8-3-4-11(14)10(7-8)12(16-15)13-9(2)5-6-17-13/h3-7,12,16H,15H2,1-2H3. The van der Waals surface area contributed by atoms with Gasteiger partial charge in [-0.2, -0.15) is 0 Å². The summed E-state index contributed by atoms with van der Waals surface area (Å²) in [6.07, 6.45) is 0. The zero-order valence-corrected chi connectivity index (χ0v) is 12.2. The van der Waals surface area contributed by atoms with Gasteiger partial charge in [0, 0.05) is 9.35 Å². The SMILES string of the molecule is Cc1ccc(Br)c(C(NN)c2sccc2C)c1. The van der Waals surface area contributed by atoms with E-state index in [9.17, 15) is 0 Å². The van der Waals surface area contributed by atoms with Gasteiger partial charge in [-0.05, 0) is 42.5 Å². The lowest BCUT2D eigenvalue weighted by molar-refractivity contribution is 0.641. The number of hydrogen-bond donors (Lipinski definition) is 2. The normalized spacial score (nSPS) is 12.7. The molecule has 0 aliphatic heterocycles. The Bertz CT molecular complexity index is 522. The Hall–Kier alpha value is -0.680. The highest BCUT2D eigenvalue weighted by atomic mass is 79.9. The van der Waals surface area contributed by atoms with Crippen molar-refractivity contribution in [3.63, 3.8) is 0 Å². The van der Waals surface area contributed by atoms with E-state index in [4.69, 9.17) is 5.84 Å². The smallest absolute Gasteiger partial charge is 0.0816 e. The Labute approximate surface area is 114 Å². The number of nitrogens with two attached hydrogens (primary N) is 1. The molecular formula is C13H15BrN2S. The molecule has 0 spiro atoms. The lowest BCUT2D eigenvalue weighted by atomic mass is 10.0. The van der Waals surface area contributed by atoms with Crippen molar-refractivity contribution in [2.24, 2.45) is 5.84 Å². The van der Waals surface area contributed by atoms with E-state index in [0.717, 1.165) is 4.47 Å². The van der Waals surface area contributed by atoms with Gasteiger partial charge in [0.25, 0.3) is 0 Å². The zero-order valence-electron chi connectivity index (χ0n) is 9.83. The molecule has 3 N–H and O–H groups in total. The molecule has 2 aromatic rings. The lowest BCUT2D eigenvalue weighted by Crippen LogP contribution is -2.29. The molecule has 1 aromatic heterocycles. The average molecular weight is 311 g/mol. The van der Waals surface area contributed by atoms with Crippen molar-refractivity contribution in [2.45, 2.75) is 19.9 Å². The van der Waals surface area contributed by atoms with Crippen LogP contribution >= 0.6 is 27.3 Å². The van der Waals surface area contributed by atoms with Gasteiger partial charge in [0.05, 0.1) is 6.04 Å². The van der Waals surface area contributed by atoms with E-state index in [-0.39, 0.29) is 6.04 Å². The molecule has 4 heteroatoms. The van der Waals surface area contributed by atoms with Crippen LogP contribution in [-0.4, -0.2) is 0 Å². The summed E-state index contributed by atoms with van der Waals surface area (Å²) in [6, 6.07) is 8.48. The summed E-state index contributed by atoms with van der Waals surface area (Å²) >= 11 is 5.32. The molecule has 0 saturated heterocycles. The Morgan fingerprint density at radius 2 is 2.06 bits per heavy atom. The summed E-state index contributed by atoms with van der Waals surface area (Å²) in [4.78, 5) is 1.26. The third-order valence-electron chi connectivity index (χ3n) is 2.79. The fraction of sp³-hybridized carbons (Fsp3) is 0.231. The van der Waals surface area contributed by atoms with E-state index >= 15 is 0 Å². The third kappa shape index (κ3) is 2.60. The van der Waals surface area contributed by atoms with E-state index in [2.05, 4.69) is 64.8 Å². The Balaban J connectivity index is 2.49. The summed E-state index contributed by atoms with van der Waals surface area (Å²) in [5.41, 5.74) is 6.59. The highest BCUT2D eigenvalue weighted by Gasteiger charge is 2.18. The lowest BCUT2D eigenvalue weighted by Gasteiger charge is -2.18. The molecule has 1 aromatic carbocycles. The number of hydrazine groups is 1. The van der Waals surface area contributed by atoms with Crippen LogP contribution in [0, 0.1) is 13.8 Å². The first-order valence-electron chi connectivity index (χ1n) is 5.39. The van der Waals surface area contributed by atoms with Crippen LogP contribution in [0.15, 0.2) is 34.1 Å². The van der Waals surface area contributed by atoms with Crippen molar-refractivity contribution in [1.29, 1.82) is 0 Å². The minimum Gasteiger partial charge on any atom is -0.271 e. The van der Waals surface area contributed by atoms with Gasteiger partial charge in [-0.3, -0.25) is 5.84 Å². The Kier molecular flexibility index (Phi) is 3.99. The first kappa shape index (κ1) is 12.8. The predicted molar refractivity (Wildman–Crippen MR) is 77.1 cm³/mol. The zero-order chi connectivity index (χ0) is 12.4. The number of hydrogen-bond acceptors (Lipinski definition) is 3. The molecule has 90 valence electrons. The van der Waals surface area contributed by atoms with Crippen LogP contribution in [0.5, 0.6) is 0 Å². The van der Waals surface area contributed by atoms with E-state index < -0.39 is 0 Å². The van der Waals surface area contributed by atoms with Gasteiger partial charge in [-0.15, -0.1) is 11.3 Å². The van der Waals surface area contributed by atoms with E-state index in [1.165, 1.54) is 21.6 Å². The van der Waals surface area contributed by atoms with Crippen molar-refractivity contribution in [3.05, 3.63) is 55.7 Å². The maximum Gasteiger partial charge on any atom is 0.0816 e. The summed E-state index contributed by atoms with van der Waals surface area (Å²) in [6.45, 7) is 4.20. The summed E-state index contributed by atoms with van der Waals surface area (Å²) in [7, 11) is 0. The fourth-order valence-electron chi connectivity index (χ4n) is 1.87. The van der Waals surface area contributed by atoms with E-state index in [1.54, 1.807) is 11.3 Å². The average Bonchev–Trinajstić information content (AvgIpc) is 2.71. The number of nitrogens with one attached hydrogen (secondary N) is 1. The first-order chi connectivity index (χ1) is 8.13. The predicted octanol–water partition coefficient (Wildman–Crippen LogP) is 3.68. The number of thiophene rings is 1. The van der Waals surface area contributed by atoms with Gasteiger partial charge >= 0.3 is 0 Å². The molecule has 1 atom stereocenters. The molecule has 0 radical (unpaired) electrons. The molecule has 1 unspecified atom stereocenters. The van der Waals surface area contributed by atoms with Crippen LogP contribution in [-0.2, 0) is 0 Å². The van der Waals surface area contributed by atoms with Crippen LogP contribution in [0.3, 0.4) is 0 Å². The third-order valence-corrected chi connectivity index (χ3v) is 4.60.